The number of fused-ring (bicyclic) bond motifs is 1. The van der Waals surface area contributed by atoms with Crippen molar-refractivity contribution in [1.29, 1.82) is 0 Å². The Morgan fingerprint density at radius 3 is 2.96 bits per heavy atom. The highest BCUT2D eigenvalue weighted by atomic mass is 35.5. The molecule has 3 aromatic rings. The van der Waals surface area contributed by atoms with E-state index in [1.54, 1.807) is 11.3 Å². The summed E-state index contributed by atoms with van der Waals surface area (Å²) < 4.78 is 2.01. The van der Waals surface area contributed by atoms with E-state index in [0.29, 0.717) is 0 Å². The molecular weight excluding hydrogens is 326 g/mol. The Morgan fingerprint density at radius 2 is 2.17 bits per heavy atom. The smallest absolute Gasteiger partial charge is 0.133 e. The van der Waals surface area contributed by atoms with E-state index in [1.807, 2.05) is 23.7 Å². The van der Waals surface area contributed by atoms with E-state index < -0.39 is 0 Å². The molecule has 1 aliphatic heterocycles. The van der Waals surface area contributed by atoms with Crippen LogP contribution in [0.4, 0.5) is 5.82 Å². The van der Waals surface area contributed by atoms with Crippen LogP contribution in [0.2, 0.25) is 5.02 Å². The molecule has 0 fully saturated rings. The van der Waals surface area contributed by atoms with Crippen molar-refractivity contribution in [1.82, 2.24) is 9.78 Å². The van der Waals surface area contributed by atoms with E-state index in [0.717, 1.165) is 40.8 Å². The molecule has 0 saturated heterocycles. The lowest BCUT2D eigenvalue weighted by atomic mass is 10.1. The zero-order chi connectivity index (χ0) is 15.8. The maximum atomic E-state index is 6.33. The third-order valence-corrected chi connectivity index (χ3v) is 5.41. The van der Waals surface area contributed by atoms with Gasteiger partial charge >= 0.3 is 0 Å². The van der Waals surface area contributed by atoms with Gasteiger partial charge in [0.25, 0.3) is 0 Å². The molecule has 118 valence electrons. The van der Waals surface area contributed by atoms with Gasteiger partial charge in [0.2, 0.25) is 0 Å². The van der Waals surface area contributed by atoms with Crippen LogP contribution in [-0.4, -0.2) is 16.3 Å². The average molecular weight is 344 g/mol. The average Bonchev–Trinajstić information content (AvgIpc) is 3.12. The highest BCUT2D eigenvalue weighted by molar-refractivity contribution is 7.08. The van der Waals surface area contributed by atoms with E-state index in [9.17, 15) is 0 Å². The SMILES string of the molecule is Cc1ccc(-n2nc(-c3ccsc3)c3c2NCCCC3)cc1Cl. The normalized spacial score (nSPS) is 14.2. The number of hydrogen-bond donors (Lipinski definition) is 1. The van der Waals surface area contributed by atoms with Gasteiger partial charge in [0.05, 0.1) is 11.4 Å². The molecule has 0 spiro atoms. The van der Waals surface area contributed by atoms with Crippen LogP contribution in [0.5, 0.6) is 0 Å². The predicted octanol–water partition coefficient (Wildman–Crippen LogP) is 5.31. The maximum Gasteiger partial charge on any atom is 0.133 e. The number of thiophene rings is 1. The van der Waals surface area contributed by atoms with Crippen LogP contribution >= 0.6 is 22.9 Å². The number of rotatable bonds is 2. The zero-order valence-electron chi connectivity index (χ0n) is 13.0. The van der Waals surface area contributed by atoms with Crippen molar-refractivity contribution >= 4 is 28.8 Å². The first-order valence-electron chi connectivity index (χ1n) is 7.89. The minimum Gasteiger partial charge on any atom is -0.370 e. The standard InChI is InChI=1S/C18H18ClN3S/c1-12-5-6-14(10-16(12)19)22-18-15(4-2-3-8-20-18)17(21-22)13-7-9-23-11-13/h5-7,9-11,20H,2-4,8H2,1H3. The Morgan fingerprint density at radius 1 is 1.26 bits per heavy atom. The molecule has 3 heterocycles. The van der Waals surface area contributed by atoms with Gasteiger partial charge in [-0.25, -0.2) is 4.68 Å². The second-order valence-corrected chi connectivity index (χ2v) is 7.10. The summed E-state index contributed by atoms with van der Waals surface area (Å²) in [6, 6.07) is 8.27. The van der Waals surface area contributed by atoms with Gasteiger partial charge in [-0.15, -0.1) is 0 Å². The van der Waals surface area contributed by atoms with Crippen LogP contribution in [0.25, 0.3) is 16.9 Å². The molecule has 23 heavy (non-hydrogen) atoms. The van der Waals surface area contributed by atoms with Crippen LogP contribution in [-0.2, 0) is 6.42 Å². The summed E-state index contributed by atoms with van der Waals surface area (Å²) in [6.45, 7) is 3.01. The van der Waals surface area contributed by atoms with E-state index in [1.165, 1.54) is 24.0 Å². The molecule has 0 saturated carbocycles. The molecule has 1 aromatic carbocycles. The molecule has 2 aromatic heterocycles. The molecule has 0 aliphatic carbocycles. The van der Waals surface area contributed by atoms with Gasteiger partial charge in [0.15, 0.2) is 0 Å². The first-order chi connectivity index (χ1) is 11.2. The van der Waals surface area contributed by atoms with E-state index in [-0.39, 0.29) is 0 Å². The maximum absolute atomic E-state index is 6.33. The summed E-state index contributed by atoms with van der Waals surface area (Å²) in [6.07, 6.45) is 3.44. The predicted molar refractivity (Wildman–Crippen MR) is 98.1 cm³/mol. The quantitative estimate of drug-likeness (QED) is 0.683. The van der Waals surface area contributed by atoms with Crippen molar-refractivity contribution in [3.63, 3.8) is 0 Å². The number of nitrogens with zero attached hydrogens (tertiary/aromatic N) is 2. The van der Waals surface area contributed by atoms with Gasteiger partial charge in [0, 0.05) is 28.1 Å². The molecule has 0 radical (unpaired) electrons. The number of hydrogen-bond acceptors (Lipinski definition) is 3. The molecule has 0 atom stereocenters. The summed E-state index contributed by atoms with van der Waals surface area (Å²) in [5.74, 6) is 1.11. The van der Waals surface area contributed by atoms with Gasteiger partial charge < -0.3 is 5.32 Å². The van der Waals surface area contributed by atoms with Crippen molar-refractivity contribution in [3.05, 3.63) is 51.2 Å². The lowest BCUT2D eigenvalue weighted by molar-refractivity contribution is 0.780. The second-order valence-electron chi connectivity index (χ2n) is 5.92. The van der Waals surface area contributed by atoms with Gasteiger partial charge in [-0.3, -0.25) is 0 Å². The molecule has 3 nitrogen and oxygen atoms in total. The lowest BCUT2D eigenvalue weighted by Crippen LogP contribution is -2.07. The molecule has 0 unspecified atom stereocenters. The highest BCUT2D eigenvalue weighted by Gasteiger charge is 2.22. The lowest BCUT2D eigenvalue weighted by Gasteiger charge is -2.10. The minimum absolute atomic E-state index is 0.775. The van der Waals surface area contributed by atoms with Gasteiger partial charge in [0.1, 0.15) is 5.82 Å². The Hall–Kier alpha value is -1.78. The largest absolute Gasteiger partial charge is 0.370 e. The van der Waals surface area contributed by atoms with Gasteiger partial charge in [-0.05, 0) is 55.3 Å². The number of benzene rings is 1. The molecule has 0 amide bonds. The minimum atomic E-state index is 0.775. The Labute approximate surface area is 144 Å². The van der Waals surface area contributed by atoms with Crippen LogP contribution in [0.3, 0.4) is 0 Å². The molecule has 0 bridgehead atoms. The number of aromatic nitrogens is 2. The van der Waals surface area contributed by atoms with Crippen molar-refractivity contribution in [2.45, 2.75) is 26.2 Å². The van der Waals surface area contributed by atoms with Crippen molar-refractivity contribution < 1.29 is 0 Å². The Balaban J connectivity index is 1.91. The van der Waals surface area contributed by atoms with Gasteiger partial charge in [-0.2, -0.15) is 16.4 Å². The van der Waals surface area contributed by atoms with Crippen LogP contribution < -0.4 is 5.32 Å². The van der Waals surface area contributed by atoms with Crippen molar-refractivity contribution in [2.75, 3.05) is 11.9 Å². The summed E-state index contributed by atoms with van der Waals surface area (Å²) >= 11 is 8.03. The third-order valence-electron chi connectivity index (χ3n) is 4.32. The van der Waals surface area contributed by atoms with Crippen LogP contribution in [0.1, 0.15) is 24.0 Å². The molecule has 1 aliphatic rings. The summed E-state index contributed by atoms with van der Waals surface area (Å²) in [4.78, 5) is 0. The van der Waals surface area contributed by atoms with Crippen molar-refractivity contribution in [3.8, 4) is 16.9 Å². The molecule has 4 rings (SSSR count). The second kappa shape index (κ2) is 6.02. The number of nitrogens with one attached hydrogen (secondary N) is 1. The fraction of sp³-hybridized carbons (Fsp3) is 0.278. The summed E-state index contributed by atoms with van der Waals surface area (Å²) in [5.41, 5.74) is 5.70. The zero-order valence-corrected chi connectivity index (χ0v) is 14.5. The highest BCUT2D eigenvalue weighted by Crippen LogP contribution is 2.35. The van der Waals surface area contributed by atoms with Crippen molar-refractivity contribution in [2.24, 2.45) is 0 Å². The molecule has 1 N–H and O–H groups in total. The Kier molecular flexibility index (Phi) is 3.87. The van der Waals surface area contributed by atoms with Crippen LogP contribution in [0.15, 0.2) is 35.0 Å². The number of aryl methyl sites for hydroxylation is 1. The topological polar surface area (TPSA) is 29.9 Å². The third kappa shape index (κ3) is 2.66. The number of anilines is 1. The van der Waals surface area contributed by atoms with Crippen LogP contribution in [0, 0.1) is 6.92 Å². The molecule has 5 heteroatoms. The Bertz CT molecular complexity index is 836. The molecular formula is C18H18ClN3S. The fourth-order valence-corrected chi connectivity index (χ4v) is 3.85. The fourth-order valence-electron chi connectivity index (χ4n) is 3.03. The van der Waals surface area contributed by atoms with E-state index >= 15 is 0 Å². The van der Waals surface area contributed by atoms with E-state index in [2.05, 4.69) is 28.2 Å². The number of halogens is 1. The van der Waals surface area contributed by atoms with Gasteiger partial charge in [-0.1, -0.05) is 17.7 Å². The monoisotopic (exact) mass is 343 g/mol. The van der Waals surface area contributed by atoms with E-state index in [4.69, 9.17) is 16.7 Å². The summed E-state index contributed by atoms with van der Waals surface area (Å²) in [7, 11) is 0. The first kappa shape index (κ1) is 14.8. The summed E-state index contributed by atoms with van der Waals surface area (Å²) in [5, 5.41) is 13.5. The first-order valence-corrected chi connectivity index (χ1v) is 9.21.